The molecule has 1 unspecified atom stereocenters. The summed E-state index contributed by atoms with van der Waals surface area (Å²) in [6.07, 6.45) is 3.64. The van der Waals surface area contributed by atoms with Gasteiger partial charge < -0.3 is 10.5 Å². The molecule has 2 rings (SSSR count). The SMILES string of the molecule is Cc1ccc(OCC(CCN)N2CCCC2)c(C)c1. The number of aryl methyl sites for hydroxylation is 2. The molecule has 1 fully saturated rings. The summed E-state index contributed by atoms with van der Waals surface area (Å²) in [5.41, 5.74) is 8.23. The van der Waals surface area contributed by atoms with Gasteiger partial charge in [-0.3, -0.25) is 4.90 Å². The summed E-state index contributed by atoms with van der Waals surface area (Å²) in [6, 6.07) is 6.82. The van der Waals surface area contributed by atoms with Crippen LogP contribution < -0.4 is 10.5 Å². The minimum Gasteiger partial charge on any atom is -0.492 e. The van der Waals surface area contributed by atoms with Crippen LogP contribution in [0.4, 0.5) is 0 Å². The molecule has 1 aromatic rings. The largest absolute Gasteiger partial charge is 0.492 e. The standard InChI is InChI=1S/C16H26N2O/c1-13-5-6-16(14(2)11-13)19-12-15(7-8-17)18-9-3-4-10-18/h5-6,11,15H,3-4,7-10,12,17H2,1-2H3. The van der Waals surface area contributed by atoms with E-state index in [1.807, 2.05) is 0 Å². The van der Waals surface area contributed by atoms with E-state index in [2.05, 4.69) is 36.9 Å². The molecule has 0 spiro atoms. The van der Waals surface area contributed by atoms with Crippen molar-refractivity contribution in [2.75, 3.05) is 26.2 Å². The van der Waals surface area contributed by atoms with Crippen LogP contribution in [0.25, 0.3) is 0 Å². The maximum Gasteiger partial charge on any atom is 0.122 e. The number of ether oxygens (including phenoxy) is 1. The normalized spacial score (nSPS) is 17.6. The Morgan fingerprint density at radius 2 is 2.00 bits per heavy atom. The van der Waals surface area contributed by atoms with Gasteiger partial charge in [0.2, 0.25) is 0 Å². The van der Waals surface area contributed by atoms with Crippen molar-refractivity contribution >= 4 is 0 Å². The molecular weight excluding hydrogens is 236 g/mol. The van der Waals surface area contributed by atoms with Gasteiger partial charge in [-0.05, 0) is 64.4 Å². The Morgan fingerprint density at radius 3 is 2.63 bits per heavy atom. The van der Waals surface area contributed by atoms with Crippen molar-refractivity contribution in [2.45, 2.75) is 39.2 Å². The molecule has 0 bridgehead atoms. The first-order valence-electron chi connectivity index (χ1n) is 7.35. The number of nitrogens with two attached hydrogens (primary N) is 1. The van der Waals surface area contributed by atoms with E-state index >= 15 is 0 Å². The van der Waals surface area contributed by atoms with Crippen molar-refractivity contribution in [3.63, 3.8) is 0 Å². The number of likely N-dealkylation sites (tertiary alicyclic amines) is 1. The molecule has 0 aromatic heterocycles. The van der Waals surface area contributed by atoms with Gasteiger partial charge in [0.25, 0.3) is 0 Å². The molecule has 2 N–H and O–H groups in total. The number of benzene rings is 1. The van der Waals surface area contributed by atoms with Crippen LogP contribution in [-0.2, 0) is 0 Å². The molecule has 0 amide bonds. The van der Waals surface area contributed by atoms with Gasteiger partial charge in [0.1, 0.15) is 12.4 Å². The highest BCUT2D eigenvalue weighted by molar-refractivity contribution is 5.35. The van der Waals surface area contributed by atoms with Crippen LogP contribution >= 0.6 is 0 Å². The van der Waals surface area contributed by atoms with E-state index in [4.69, 9.17) is 10.5 Å². The Labute approximate surface area is 116 Å². The van der Waals surface area contributed by atoms with E-state index in [1.165, 1.54) is 37.1 Å². The van der Waals surface area contributed by atoms with Crippen molar-refractivity contribution in [1.29, 1.82) is 0 Å². The highest BCUT2D eigenvalue weighted by Crippen LogP contribution is 2.21. The van der Waals surface area contributed by atoms with E-state index in [1.54, 1.807) is 0 Å². The average molecular weight is 262 g/mol. The fraction of sp³-hybridized carbons (Fsp3) is 0.625. The molecule has 0 radical (unpaired) electrons. The average Bonchev–Trinajstić information content (AvgIpc) is 2.90. The minimum absolute atomic E-state index is 0.466. The third kappa shape index (κ3) is 3.95. The lowest BCUT2D eigenvalue weighted by Crippen LogP contribution is -2.39. The molecule has 0 aliphatic carbocycles. The van der Waals surface area contributed by atoms with Crippen LogP contribution in [0, 0.1) is 13.8 Å². The lowest BCUT2D eigenvalue weighted by atomic mass is 10.1. The van der Waals surface area contributed by atoms with Crippen LogP contribution in [0.3, 0.4) is 0 Å². The van der Waals surface area contributed by atoms with Gasteiger partial charge in [-0.1, -0.05) is 17.7 Å². The summed E-state index contributed by atoms with van der Waals surface area (Å²) >= 11 is 0. The Hall–Kier alpha value is -1.06. The first-order chi connectivity index (χ1) is 9.20. The molecule has 1 heterocycles. The number of rotatable bonds is 6. The first kappa shape index (κ1) is 14.4. The smallest absolute Gasteiger partial charge is 0.122 e. The van der Waals surface area contributed by atoms with Crippen molar-refractivity contribution in [1.82, 2.24) is 4.90 Å². The second kappa shape index (κ2) is 6.92. The Balaban J connectivity index is 1.93. The first-order valence-corrected chi connectivity index (χ1v) is 7.35. The topological polar surface area (TPSA) is 38.5 Å². The minimum atomic E-state index is 0.466. The molecule has 1 aliphatic heterocycles. The fourth-order valence-electron chi connectivity index (χ4n) is 2.82. The molecule has 19 heavy (non-hydrogen) atoms. The zero-order valence-corrected chi connectivity index (χ0v) is 12.2. The van der Waals surface area contributed by atoms with Crippen LogP contribution in [-0.4, -0.2) is 37.2 Å². The molecule has 1 saturated heterocycles. The predicted octanol–water partition coefficient (Wildman–Crippen LogP) is 2.50. The Kier molecular flexibility index (Phi) is 5.23. The van der Waals surface area contributed by atoms with Gasteiger partial charge in [0.05, 0.1) is 0 Å². The van der Waals surface area contributed by atoms with E-state index < -0.39 is 0 Å². The van der Waals surface area contributed by atoms with E-state index in [0.717, 1.165) is 25.3 Å². The van der Waals surface area contributed by atoms with Gasteiger partial charge in [0.15, 0.2) is 0 Å². The lowest BCUT2D eigenvalue weighted by molar-refractivity contribution is 0.153. The summed E-state index contributed by atoms with van der Waals surface area (Å²) in [5.74, 6) is 1.01. The molecule has 1 aromatic carbocycles. The van der Waals surface area contributed by atoms with Crippen LogP contribution in [0.5, 0.6) is 5.75 Å². The monoisotopic (exact) mass is 262 g/mol. The third-order valence-electron chi connectivity index (χ3n) is 3.92. The van der Waals surface area contributed by atoms with E-state index in [-0.39, 0.29) is 0 Å². The van der Waals surface area contributed by atoms with Crippen molar-refractivity contribution < 1.29 is 4.74 Å². The van der Waals surface area contributed by atoms with Gasteiger partial charge in [-0.25, -0.2) is 0 Å². The van der Waals surface area contributed by atoms with Crippen LogP contribution in [0.1, 0.15) is 30.4 Å². The predicted molar refractivity (Wildman–Crippen MR) is 79.7 cm³/mol. The highest BCUT2D eigenvalue weighted by atomic mass is 16.5. The molecule has 106 valence electrons. The van der Waals surface area contributed by atoms with E-state index in [9.17, 15) is 0 Å². The number of nitrogens with zero attached hydrogens (tertiary/aromatic N) is 1. The summed E-state index contributed by atoms with van der Waals surface area (Å²) < 4.78 is 6.02. The van der Waals surface area contributed by atoms with Crippen LogP contribution in [0.2, 0.25) is 0 Å². The molecule has 1 aliphatic rings. The lowest BCUT2D eigenvalue weighted by Gasteiger charge is -2.27. The molecule has 3 nitrogen and oxygen atoms in total. The highest BCUT2D eigenvalue weighted by Gasteiger charge is 2.21. The molecule has 1 atom stereocenters. The van der Waals surface area contributed by atoms with Crippen molar-refractivity contribution in [3.05, 3.63) is 29.3 Å². The van der Waals surface area contributed by atoms with Crippen LogP contribution in [0.15, 0.2) is 18.2 Å². The van der Waals surface area contributed by atoms with Gasteiger partial charge >= 0.3 is 0 Å². The Bertz CT molecular complexity index is 400. The van der Waals surface area contributed by atoms with Crippen molar-refractivity contribution in [2.24, 2.45) is 5.73 Å². The quantitative estimate of drug-likeness (QED) is 0.856. The summed E-state index contributed by atoms with van der Waals surface area (Å²) in [6.45, 7) is 8.09. The molecular formula is C16H26N2O. The summed E-state index contributed by atoms with van der Waals surface area (Å²) in [5, 5.41) is 0. The van der Waals surface area contributed by atoms with Gasteiger partial charge in [-0.15, -0.1) is 0 Å². The third-order valence-corrected chi connectivity index (χ3v) is 3.92. The number of hydrogen-bond acceptors (Lipinski definition) is 3. The van der Waals surface area contributed by atoms with E-state index in [0.29, 0.717) is 6.04 Å². The fourth-order valence-corrected chi connectivity index (χ4v) is 2.82. The number of hydrogen-bond donors (Lipinski definition) is 1. The maximum absolute atomic E-state index is 6.02. The second-order valence-corrected chi connectivity index (χ2v) is 5.55. The van der Waals surface area contributed by atoms with Gasteiger partial charge in [0, 0.05) is 6.04 Å². The Morgan fingerprint density at radius 1 is 1.26 bits per heavy atom. The zero-order chi connectivity index (χ0) is 13.7. The summed E-state index contributed by atoms with van der Waals surface area (Å²) in [4.78, 5) is 2.52. The second-order valence-electron chi connectivity index (χ2n) is 5.55. The maximum atomic E-state index is 6.02. The zero-order valence-electron chi connectivity index (χ0n) is 12.2. The molecule has 3 heteroatoms. The van der Waals surface area contributed by atoms with Crippen molar-refractivity contribution in [3.8, 4) is 5.75 Å². The molecule has 0 saturated carbocycles. The van der Waals surface area contributed by atoms with Gasteiger partial charge in [-0.2, -0.15) is 0 Å². The summed E-state index contributed by atoms with van der Waals surface area (Å²) in [7, 11) is 0.